The lowest BCUT2D eigenvalue weighted by Gasteiger charge is -2.12. The highest BCUT2D eigenvalue weighted by Crippen LogP contribution is 2.31. The van der Waals surface area contributed by atoms with Crippen LogP contribution in [0.25, 0.3) is 22.3 Å². The van der Waals surface area contributed by atoms with Crippen molar-refractivity contribution in [1.82, 2.24) is 0 Å². The Morgan fingerprint density at radius 3 is 1.95 bits per heavy atom. The summed E-state index contributed by atoms with van der Waals surface area (Å²) in [6.45, 7) is 7.79. The number of benzene rings is 3. The number of unbranched alkanes of at least 4 members (excludes halogenated alkanes) is 5. The van der Waals surface area contributed by atoms with E-state index in [9.17, 15) is 4.39 Å². The second-order valence-electron chi connectivity index (χ2n) is 9.98. The van der Waals surface area contributed by atoms with Crippen molar-refractivity contribution in [3.63, 3.8) is 0 Å². The van der Waals surface area contributed by atoms with Gasteiger partial charge in [-0.15, -0.1) is 0 Å². The Morgan fingerprint density at radius 1 is 0.649 bits per heavy atom. The Hall–Kier alpha value is -2.88. The van der Waals surface area contributed by atoms with E-state index in [0.29, 0.717) is 35.8 Å². The Balaban J connectivity index is 1.55. The summed E-state index contributed by atoms with van der Waals surface area (Å²) < 4.78 is 41.1. The first-order chi connectivity index (χ1) is 18.0. The molecule has 0 aliphatic rings. The first-order valence-electron chi connectivity index (χ1n) is 14.0. The Labute approximate surface area is 222 Å². The van der Waals surface area contributed by atoms with Crippen LogP contribution >= 0.6 is 0 Å². The van der Waals surface area contributed by atoms with Crippen LogP contribution in [0.4, 0.5) is 8.78 Å². The molecule has 0 saturated heterocycles. The smallest absolute Gasteiger partial charge is 0.165 e. The lowest BCUT2D eigenvalue weighted by Crippen LogP contribution is -2.02. The van der Waals surface area contributed by atoms with E-state index < -0.39 is 5.82 Å². The fourth-order valence-corrected chi connectivity index (χ4v) is 4.35. The van der Waals surface area contributed by atoms with Gasteiger partial charge in [0.25, 0.3) is 0 Å². The maximum Gasteiger partial charge on any atom is 0.165 e. The molecule has 0 fully saturated rings. The lowest BCUT2D eigenvalue weighted by atomic mass is 9.99. The fraction of sp³-hybridized carbons (Fsp3) is 0.455. The van der Waals surface area contributed by atoms with Gasteiger partial charge in [0.1, 0.15) is 11.6 Å². The summed E-state index contributed by atoms with van der Waals surface area (Å²) >= 11 is 0. The topological polar surface area (TPSA) is 18.5 Å². The summed E-state index contributed by atoms with van der Waals surface area (Å²) in [6, 6.07) is 17.4. The third kappa shape index (κ3) is 9.18. The van der Waals surface area contributed by atoms with Crippen molar-refractivity contribution < 1.29 is 18.3 Å². The monoisotopic (exact) mass is 508 g/mol. The van der Waals surface area contributed by atoms with Crippen molar-refractivity contribution in [3.05, 3.63) is 72.3 Å². The van der Waals surface area contributed by atoms with Crippen LogP contribution in [0.1, 0.15) is 78.6 Å². The molecule has 0 aromatic heterocycles. The lowest BCUT2D eigenvalue weighted by molar-refractivity contribution is 0.281. The molecule has 3 aromatic rings. The average Bonchev–Trinajstić information content (AvgIpc) is 2.91. The molecule has 0 bridgehead atoms. The van der Waals surface area contributed by atoms with Gasteiger partial charge in [-0.25, -0.2) is 8.78 Å². The summed E-state index contributed by atoms with van der Waals surface area (Å²) in [4.78, 5) is 0. The molecule has 3 aromatic carbocycles. The molecule has 0 amide bonds. The van der Waals surface area contributed by atoms with Gasteiger partial charge >= 0.3 is 0 Å². The fourth-order valence-electron chi connectivity index (χ4n) is 4.35. The summed E-state index contributed by atoms with van der Waals surface area (Å²) in [5, 5.41) is 0. The van der Waals surface area contributed by atoms with Crippen molar-refractivity contribution in [2.24, 2.45) is 5.92 Å². The Bertz CT molecular complexity index is 1080. The predicted octanol–water partition coefficient (Wildman–Crippen LogP) is 10.2. The van der Waals surface area contributed by atoms with Crippen molar-refractivity contribution >= 4 is 0 Å². The summed E-state index contributed by atoms with van der Waals surface area (Å²) in [7, 11) is 0. The van der Waals surface area contributed by atoms with Crippen LogP contribution in [0, 0.1) is 17.6 Å². The van der Waals surface area contributed by atoms with Crippen molar-refractivity contribution in [2.75, 3.05) is 13.2 Å². The van der Waals surface area contributed by atoms with E-state index in [-0.39, 0.29) is 11.6 Å². The minimum Gasteiger partial charge on any atom is -0.494 e. The van der Waals surface area contributed by atoms with E-state index >= 15 is 4.39 Å². The van der Waals surface area contributed by atoms with Gasteiger partial charge in [0.15, 0.2) is 11.6 Å². The Morgan fingerprint density at radius 2 is 1.27 bits per heavy atom. The van der Waals surface area contributed by atoms with Gasteiger partial charge < -0.3 is 9.47 Å². The highest BCUT2D eigenvalue weighted by atomic mass is 19.1. The van der Waals surface area contributed by atoms with Crippen molar-refractivity contribution in [3.8, 4) is 33.8 Å². The normalized spacial score (nSPS) is 11.9. The summed E-state index contributed by atoms with van der Waals surface area (Å²) in [6.07, 6.45) is 10.4. The van der Waals surface area contributed by atoms with E-state index in [1.165, 1.54) is 44.2 Å². The van der Waals surface area contributed by atoms with E-state index in [1.807, 2.05) is 30.3 Å². The van der Waals surface area contributed by atoms with Gasteiger partial charge in [-0.2, -0.15) is 0 Å². The number of hydrogen-bond donors (Lipinski definition) is 0. The number of rotatable bonds is 16. The molecular formula is C33H42F2O2. The van der Waals surface area contributed by atoms with Crippen LogP contribution in [0.5, 0.6) is 11.5 Å². The van der Waals surface area contributed by atoms with Crippen LogP contribution in [-0.2, 0) is 0 Å². The molecule has 0 radical (unpaired) electrons. The number of ether oxygens (including phenoxy) is 2. The predicted molar refractivity (Wildman–Crippen MR) is 150 cm³/mol. The minimum absolute atomic E-state index is 0.240. The molecule has 0 saturated carbocycles. The number of halogens is 2. The molecule has 3 rings (SSSR count). The molecule has 1 unspecified atom stereocenters. The highest BCUT2D eigenvalue weighted by Gasteiger charge is 2.11. The van der Waals surface area contributed by atoms with Crippen molar-refractivity contribution in [2.45, 2.75) is 78.6 Å². The van der Waals surface area contributed by atoms with E-state index in [1.54, 1.807) is 18.2 Å². The molecule has 0 aliphatic carbocycles. The first-order valence-corrected chi connectivity index (χ1v) is 14.0. The van der Waals surface area contributed by atoms with Crippen LogP contribution in [0.15, 0.2) is 60.7 Å². The molecule has 0 N–H and O–H groups in total. The van der Waals surface area contributed by atoms with Gasteiger partial charge in [-0.05, 0) is 72.2 Å². The third-order valence-electron chi connectivity index (χ3n) is 6.96. The summed E-state index contributed by atoms with van der Waals surface area (Å²) in [5.41, 5.74) is 2.53. The average molecular weight is 509 g/mol. The molecule has 200 valence electrons. The third-order valence-corrected chi connectivity index (χ3v) is 6.96. The van der Waals surface area contributed by atoms with Gasteiger partial charge in [-0.1, -0.05) is 89.6 Å². The largest absolute Gasteiger partial charge is 0.494 e. The molecule has 4 heteroatoms. The maximum absolute atomic E-state index is 15.0. The zero-order chi connectivity index (χ0) is 26.5. The first kappa shape index (κ1) is 28.7. The van der Waals surface area contributed by atoms with Crippen LogP contribution in [0.2, 0.25) is 0 Å². The van der Waals surface area contributed by atoms with E-state index in [0.717, 1.165) is 37.0 Å². The zero-order valence-corrected chi connectivity index (χ0v) is 22.7. The van der Waals surface area contributed by atoms with Crippen LogP contribution < -0.4 is 9.47 Å². The zero-order valence-electron chi connectivity index (χ0n) is 22.7. The van der Waals surface area contributed by atoms with Gasteiger partial charge in [0, 0.05) is 5.56 Å². The van der Waals surface area contributed by atoms with Crippen LogP contribution in [-0.4, -0.2) is 13.2 Å². The molecular weight excluding hydrogens is 466 g/mol. The molecule has 2 nitrogen and oxygen atoms in total. The van der Waals surface area contributed by atoms with Crippen LogP contribution in [0.3, 0.4) is 0 Å². The van der Waals surface area contributed by atoms with E-state index in [4.69, 9.17) is 9.47 Å². The highest BCUT2D eigenvalue weighted by molar-refractivity contribution is 5.71. The van der Waals surface area contributed by atoms with Gasteiger partial charge in [0.2, 0.25) is 0 Å². The quantitative estimate of drug-likeness (QED) is 0.179. The number of hydrogen-bond acceptors (Lipinski definition) is 2. The Kier molecular flexibility index (Phi) is 11.9. The molecule has 0 aliphatic heterocycles. The van der Waals surface area contributed by atoms with Gasteiger partial charge in [-0.3, -0.25) is 0 Å². The SMILES string of the molecule is CCCCCCCCOc1ccc(-c2ccc(-c3ccc(OCCCC(C)CC)c(F)c3)cc2F)cc1. The molecule has 0 heterocycles. The second kappa shape index (κ2) is 15.4. The van der Waals surface area contributed by atoms with E-state index in [2.05, 4.69) is 20.8 Å². The maximum atomic E-state index is 15.0. The molecule has 37 heavy (non-hydrogen) atoms. The van der Waals surface area contributed by atoms with Crippen molar-refractivity contribution in [1.29, 1.82) is 0 Å². The second-order valence-corrected chi connectivity index (χ2v) is 9.98. The molecule has 0 spiro atoms. The summed E-state index contributed by atoms with van der Waals surface area (Å²) in [5.74, 6) is 0.914. The molecule has 1 atom stereocenters. The standard InChI is InChI=1S/C33H42F2O2/c1-4-6-7-8-9-10-21-36-29-17-13-26(14-18-29)30-19-15-27(23-31(30)34)28-16-20-33(32(35)24-28)37-22-11-12-25(3)5-2/h13-20,23-25H,4-12,21-22H2,1-3H3. The van der Waals surface area contributed by atoms with Gasteiger partial charge in [0.05, 0.1) is 13.2 Å². The minimum atomic E-state index is -0.429.